The third-order valence-corrected chi connectivity index (χ3v) is 5.87. The van der Waals surface area contributed by atoms with Gasteiger partial charge >= 0.3 is 13.3 Å². The predicted octanol–water partition coefficient (Wildman–Crippen LogP) is 4.81. The minimum atomic E-state index is -0.882. The summed E-state index contributed by atoms with van der Waals surface area (Å²) in [4.78, 5) is 22.5. The first-order chi connectivity index (χ1) is 14.9. The summed E-state index contributed by atoms with van der Waals surface area (Å²) in [5.41, 5.74) is 0.737. The number of carbonyl (C=O) groups excluding carboxylic acids is 1. The fourth-order valence-electron chi connectivity index (χ4n) is 3.27. The van der Waals surface area contributed by atoms with Crippen LogP contribution in [0, 0.1) is 16.0 Å². The van der Waals surface area contributed by atoms with Crippen LogP contribution < -0.4 is 10.2 Å². The van der Waals surface area contributed by atoms with Crippen LogP contribution in [-0.2, 0) is 14.0 Å². The van der Waals surface area contributed by atoms with Gasteiger partial charge in [0, 0.05) is 12.1 Å². The molecule has 0 N–H and O–H groups in total. The van der Waals surface area contributed by atoms with Gasteiger partial charge in [-0.3, -0.25) is 10.1 Å². The van der Waals surface area contributed by atoms with E-state index in [0.717, 1.165) is 11.0 Å². The van der Waals surface area contributed by atoms with E-state index in [2.05, 4.69) is 0 Å². The number of carbonyl (C=O) groups is 1. The van der Waals surface area contributed by atoms with Gasteiger partial charge in [0.05, 0.1) is 16.1 Å². The van der Waals surface area contributed by atoms with E-state index in [9.17, 15) is 14.9 Å². The number of benzene rings is 2. The number of non-ortho nitro benzene ring substituents is 1. The van der Waals surface area contributed by atoms with E-state index in [-0.39, 0.29) is 17.4 Å². The van der Waals surface area contributed by atoms with Crippen LogP contribution >= 0.6 is 0 Å². The van der Waals surface area contributed by atoms with Crippen LogP contribution in [0.4, 0.5) is 10.5 Å². The van der Waals surface area contributed by atoms with Crippen molar-refractivity contribution in [3.63, 3.8) is 0 Å². The molecular formula is C23H28BNO7. The molecule has 1 aliphatic heterocycles. The number of nitro benzene ring substituents is 1. The molecule has 32 heavy (non-hydrogen) atoms. The zero-order valence-electron chi connectivity index (χ0n) is 19.2. The van der Waals surface area contributed by atoms with Gasteiger partial charge in [0.2, 0.25) is 0 Å². The standard InChI is InChI=1S/C23H28BNO7/c1-15(2)20(30-21(26)29-19-13-11-18(12-14-19)25(27)28)16-7-9-17(10-8-16)24-31-22(3,4)23(5,6)32-24/h7-15,20H,1-6H3. The summed E-state index contributed by atoms with van der Waals surface area (Å²) < 4.78 is 22.9. The fraction of sp³-hybridized carbons (Fsp3) is 0.435. The van der Waals surface area contributed by atoms with Gasteiger partial charge in [0.25, 0.3) is 5.69 Å². The molecule has 2 aromatic carbocycles. The Labute approximate surface area is 188 Å². The first kappa shape index (κ1) is 23.8. The molecule has 2 aromatic rings. The first-order valence-corrected chi connectivity index (χ1v) is 10.5. The lowest BCUT2D eigenvalue weighted by Crippen LogP contribution is -2.41. The van der Waals surface area contributed by atoms with E-state index in [0.29, 0.717) is 0 Å². The van der Waals surface area contributed by atoms with Crippen LogP contribution in [0.3, 0.4) is 0 Å². The van der Waals surface area contributed by atoms with Crippen molar-refractivity contribution in [1.82, 2.24) is 0 Å². The zero-order valence-corrected chi connectivity index (χ0v) is 19.2. The van der Waals surface area contributed by atoms with E-state index in [1.165, 1.54) is 24.3 Å². The summed E-state index contributed by atoms with van der Waals surface area (Å²) in [5, 5.41) is 10.7. The Morgan fingerprint density at radius 1 is 0.969 bits per heavy atom. The van der Waals surface area contributed by atoms with Crippen LogP contribution in [0.5, 0.6) is 5.75 Å². The van der Waals surface area contributed by atoms with Crippen LogP contribution in [-0.4, -0.2) is 29.4 Å². The number of hydrogen-bond donors (Lipinski definition) is 0. The second-order valence-corrected chi connectivity index (χ2v) is 9.14. The number of hydrogen-bond acceptors (Lipinski definition) is 7. The van der Waals surface area contributed by atoms with Gasteiger partial charge in [0.1, 0.15) is 11.9 Å². The van der Waals surface area contributed by atoms with Gasteiger partial charge in [-0.25, -0.2) is 4.79 Å². The minimum Gasteiger partial charge on any atom is -0.426 e. The van der Waals surface area contributed by atoms with Gasteiger partial charge in [-0.15, -0.1) is 0 Å². The number of ether oxygens (including phenoxy) is 2. The normalized spacial score (nSPS) is 17.8. The maximum atomic E-state index is 12.3. The van der Waals surface area contributed by atoms with Gasteiger partial charge in [0.15, 0.2) is 0 Å². The number of nitrogens with zero attached hydrogens (tertiary/aromatic N) is 1. The van der Waals surface area contributed by atoms with E-state index in [4.69, 9.17) is 18.8 Å². The fourth-order valence-corrected chi connectivity index (χ4v) is 3.27. The van der Waals surface area contributed by atoms with E-state index in [1.807, 2.05) is 65.8 Å². The number of nitro groups is 1. The highest BCUT2D eigenvalue weighted by molar-refractivity contribution is 6.62. The van der Waals surface area contributed by atoms with E-state index < -0.39 is 35.5 Å². The third kappa shape index (κ3) is 5.11. The molecule has 1 aliphatic rings. The lowest BCUT2D eigenvalue weighted by Gasteiger charge is -2.32. The Kier molecular flexibility index (Phi) is 6.62. The largest absolute Gasteiger partial charge is 0.514 e. The molecule has 0 amide bonds. The summed E-state index contributed by atoms with van der Waals surface area (Å²) in [5.74, 6) is 0.154. The molecule has 1 saturated heterocycles. The number of rotatable bonds is 6. The summed E-state index contributed by atoms with van der Waals surface area (Å²) in [6, 6.07) is 12.8. The second kappa shape index (κ2) is 8.92. The Hall–Kier alpha value is -2.91. The van der Waals surface area contributed by atoms with Crippen molar-refractivity contribution >= 4 is 24.4 Å². The molecule has 1 unspecified atom stereocenters. The average molecular weight is 441 g/mol. The molecule has 0 spiro atoms. The monoisotopic (exact) mass is 441 g/mol. The van der Waals surface area contributed by atoms with E-state index in [1.54, 1.807) is 0 Å². The molecule has 1 fully saturated rings. The molecule has 170 valence electrons. The SMILES string of the molecule is CC(C)C(OC(=O)Oc1ccc([N+](=O)[O-])cc1)c1ccc(B2OC(C)(C)C(C)(C)O2)cc1. The summed E-state index contributed by atoms with van der Waals surface area (Å²) >= 11 is 0. The average Bonchev–Trinajstić information content (AvgIpc) is 2.93. The Morgan fingerprint density at radius 3 is 1.97 bits per heavy atom. The highest BCUT2D eigenvalue weighted by atomic mass is 16.7. The molecule has 0 radical (unpaired) electrons. The first-order valence-electron chi connectivity index (χ1n) is 10.5. The van der Waals surface area contributed by atoms with Crippen molar-refractivity contribution in [3.05, 3.63) is 64.2 Å². The summed E-state index contributed by atoms with van der Waals surface area (Å²) in [7, 11) is -0.473. The highest BCUT2D eigenvalue weighted by Crippen LogP contribution is 2.36. The lowest BCUT2D eigenvalue weighted by molar-refractivity contribution is -0.384. The van der Waals surface area contributed by atoms with Crippen molar-refractivity contribution in [2.75, 3.05) is 0 Å². The van der Waals surface area contributed by atoms with Gasteiger partial charge in [-0.2, -0.15) is 0 Å². The molecule has 8 nitrogen and oxygen atoms in total. The molecular weight excluding hydrogens is 413 g/mol. The van der Waals surface area contributed by atoms with Gasteiger partial charge < -0.3 is 18.8 Å². The summed E-state index contributed by atoms with van der Waals surface area (Å²) in [6.45, 7) is 11.9. The quantitative estimate of drug-likeness (QED) is 0.209. The topological polar surface area (TPSA) is 97.1 Å². The van der Waals surface area contributed by atoms with Crippen LogP contribution in [0.2, 0.25) is 0 Å². The molecule has 0 saturated carbocycles. The highest BCUT2D eigenvalue weighted by Gasteiger charge is 2.51. The van der Waals surface area contributed by atoms with Crippen molar-refractivity contribution in [3.8, 4) is 5.75 Å². The van der Waals surface area contributed by atoms with Gasteiger partial charge in [-0.1, -0.05) is 38.1 Å². The van der Waals surface area contributed by atoms with E-state index >= 15 is 0 Å². The zero-order chi connectivity index (χ0) is 23.7. The molecule has 9 heteroatoms. The van der Waals surface area contributed by atoms with Crippen molar-refractivity contribution < 1.29 is 28.5 Å². The molecule has 1 heterocycles. The Morgan fingerprint density at radius 2 is 1.50 bits per heavy atom. The third-order valence-electron chi connectivity index (χ3n) is 5.87. The minimum absolute atomic E-state index is 0.0119. The Bertz CT molecular complexity index is 955. The van der Waals surface area contributed by atoms with Gasteiger partial charge in [-0.05, 0) is 56.8 Å². The lowest BCUT2D eigenvalue weighted by atomic mass is 9.78. The smallest absolute Gasteiger partial charge is 0.426 e. The molecule has 0 aromatic heterocycles. The maximum absolute atomic E-state index is 12.3. The second-order valence-electron chi connectivity index (χ2n) is 9.14. The molecule has 0 aliphatic carbocycles. The maximum Gasteiger partial charge on any atom is 0.514 e. The van der Waals surface area contributed by atoms with Crippen LogP contribution in [0.25, 0.3) is 0 Å². The Balaban J connectivity index is 1.68. The van der Waals surface area contributed by atoms with Crippen molar-refractivity contribution in [2.45, 2.75) is 58.8 Å². The van der Waals surface area contributed by atoms with Crippen LogP contribution in [0.15, 0.2) is 48.5 Å². The van der Waals surface area contributed by atoms with Crippen molar-refractivity contribution in [1.29, 1.82) is 0 Å². The molecule has 1 atom stereocenters. The summed E-state index contributed by atoms with van der Waals surface area (Å²) in [6.07, 6.45) is -1.42. The predicted molar refractivity (Wildman–Crippen MR) is 120 cm³/mol. The molecule has 0 bridgehead atoms. The van der Waals surface area contributed by atoms with Crippen LogP contribution in [0.1, 0.15) is 53.2 Å². The molecule has 3 rings (SSSR count). The van der Waals surface area contributed by atoms with Crippen molar-refractivity contribution in [2.24, 2.45) is 5.92 Å².